The van der Waals surface area contributed by atoms with Gasteiger partial charge < -0.3 is 5.11 Å². The van der Waals surface area contributed by atoms with E-state index in [1.807, 2.05) is 6.92 Å². The third kappa shape index (κ3) is 1.42. The summed E-state index contributed by atoms with van der Waals surface area (Å²) < 4.78 is 0. The van der Waals surface area contributed by atoms with E-state index in [2.05, 4.69) is 9.97 Å². The Morgan fingerprint density at radius 3 is 2.50 bits per heavy atom. The SMILES string of the molecule is CCC(O)(c1cncnc1)C1CCC1. The molecule has 1 aromatic heterocycles. The molecule has 1 aromatic rings. The van der Waals surface area contributed by atoms with Crippen LogP contribution in [0.5, 0.6) is 0 Å². The summed E-state index contributed by atoms with van der Waals surface area (Å²) >= 11 is 0. The normalized spacial score (nSPS) is 21.3. The lowest BCUT2D eigenvalue weighted by atomic mass is 9.69. The van der Waals surface area contributed by atoms with Crippen LogP contribution in [0, 0.1) is 5.92 Å². The first-order valence-corrected chi connectivity index (χ1v) is 5.25. The highest BCUT2D eigenvalue weighted by Gasteiger charge is 2.40. The van der Waals surface area contributed by atoms with Crippen LogP contribution in [0.15, 0.2) is 18.7 Å². The van der Waals surface area contributed by atoms with Gasteiger partial charge in [-0.15, -0.1) is 0 Å². The Bertz CT molecular complexity index is 297. The minimum atomic E-state index is -0.695. The molecule has 1 aliphatic carbocycles. The maximum Gasteiger partial charge on any atom is 0.115 e. The van der Waals surface area contributed by atoms with Crippen LogP contribution in [0.1, 0.15) is 38.2 Å². The molecule has 0 saturated heterocycles. The van der Waals surface area contributed by atoms with Gasteiger partial charge in [0.15, 0.2) is 0 Å². The van der Waals surface area contributed by atoms with Gasteiger partial charge in [-0.05, 0) is 25.2 Å². The van der Waals surface area contributed by atoms with Crippen LogP contribution in [0.25, 0.3) is 0 Å². The predicted molar refractivity (Wildman–Crippen MR) is 53.6 cm³/mol. The summed E-state index contributed by atoms with van der Waals surface area (Å²) in [5.74, 6) is 0.401. The second-order valence-corrected chi connectivity index (χ2v) is 4.03. The Morgan fingerprint density at radius 2 is 2.07 bits per heavy atom. The highest BCUT2D eigenvalue weighted by Crippen LogP contribution is 2.43. The van der Waals surface area contributed by atoms with E-state index in [0.717, 1.165) is 24.8 Å². The fourth-order valence-electron chi connectivity index (χ4n) is 2.14. The Kier molecular flexibility index (Phi) is 2.50. The number of hydrogen-bond donors (Lipinski definition) is 1. The van der Waals surface area contributed by atoms with Gasteiger partial charge in [0.25, 0.3) is 0 Å². The van der Waals surface area contributed by atoms with Crippen LogP contribution in [0.3, 0.4) is 0 Å². The lowest BCUT2D eigenvalue weighted by Gasteiger charge is -2.41. The molecule has 3 nitrogen and oxygen atoms in total. The van der Waals surface area contributed by atoms with Crippen LogP contribution in [0.4, 0.5) is 0 Å². The van der Waals surface area contributed by atoms with E-state index in [9.17, 15) is 5.11 Å². The van der Waals surface area contributed by atoms with E-state index in [1.54, 1.807) is 12.4 Å². The summed E-state index contributed by atoms with van der Waals surface area (Å²) in [6.45, 7) is 2.02. The highest BCUT2D eigenvalue weighted by molar-refractivity contribution is 5.16. The molecule has 0 spiro atoms. The first kappa shape index (κ1) is 9.59. The zero-order chi connectivity index (χ0) is 10.0. The van der Waals surface area contributed by atoms with Crippen LogP contribution in [-0.2, 0) is 5.60 Å². The van der Waals surface area contributed by atoms with Crippen molar-refractivity contribution in [2.45, 2.75) is 38.2 Å². The van der Waals surface area contributed by atoms with Crippen molar-refractivity contribution in [1.29, 1.82) is 0 Å². The molecule has 76 valence electrons. The fourth-order valence-corrected chi connectivity index (χ4v) is 2.14. The van der Waals surface area contributed by atoms with E-state index >= 15 is 0 Å². The second kappa shape index (κ2) is 3.65. The Labute approximate surface area is 84.2 Å². The van der Waals surface area contributed by atoms with Gasteiger partial charge in [-0.3, -0.25) is 0 Å². The third-order valence-corrected chi connectivity index (χ3v) is 3.38. The van der Waals surface area contributed by atoms with Crippen molar-refractivity contribution >= 4 is 0 Å². The number of hydrogen-bond acceptors (Lipinski definition) is 3. The van der Waals surface area contributed by atoms with Crippen LogP contribution >= 0.6 is 0 Å². The summed E-state index contributed by atoms with van der Waals surface area (Å²) in [5.41, 5.74) is 0.173. The molecule has 0 aromatic carbocycles. The van der Waals surface area contributed by atoms with Gasteiger partial charge in [0, 0.05) is 18.0 Å². The molecular weight excluding hydrogens is 176 g/mol. The molecule has 1 N–H and O–H groups in total. The van der Waals surface area contributed by atoms with E-state index in [0.29, 0.717) is 5.92 Å². The van der Waals surface area contributed by atoms with Crippen LogP contribution < -0.4 is 0 Å². The number of aromatic nitrogens is 2. The monoisotopic (exact) mass is 192 g/mol. The zero-order valence-electron chi connectivity index (χ0n) is 8.48. The average Bonchev–Trinajstić information content (AvgIpc) is 2.16. The topological polar surface area (TPSA) is 46.0 Å². The van der Waals surface area contributed by atoms with Crippen LogP contribution in [0.2, 0.25) is 0 Å². The zero-order valence-corrected chi connectivity index (χ0v) is 8.48. The van der Waals surface area contributed by atoms with E-state index in [4.69, 9.17) is 0 Å². The molecule has 1 heterocycles. The minimum absolute atomic E-state index is 0.401. The van der Waals surface area contributed by atoms with Gasteiger partial charge in [-0.2, -0.15) is 0 Å². The number of rotatable bonds is 3. The summed E-state index contributed by atoms with van der Waals surface area (Å²) in [7, 11) is 0. The molecule has 1 saturated carbocycles. The molecule has 0 radical (unpaired) electrons. The molecular formula is C11H16N2O. The van der Waals surface area contributed by atoms with E-state index in [-0.39, 0.29) is 0 Å². The van der Waals surface area contributed by atoms with Gasteiger partial charge in [-0.1, -0.05) is 13.3 Å². The first-order valence-electron chi connectivity index (χ1n) is 5.25. The van der Waals surface area contributed by atoms with Gasteiger partial charge >= 0.3 is 0 Å². The van der Waals surface area contributed by atoms with Gasteiger partial charge in [0.05, 0.1) is 5.60 Å². The van der Waals surface area contributed by atoms with Crippen molar-refractivity contribution in [3.05, 3.63) is 24.3 Å². The average molecular weight is 192 g/mol. The molecule has 14 heavy (non-hydrogen) atoms. The molecule has 1 aliphatic rings. The maximum absolute atomic E-state index is 10.5. The molecule has 0 amide bonds. The summed E-state index contributed by atoms with van der Waals surface area (Å²) in [6, 6.07) is 0. The van der Waals surface area contributed by atoms with Gasteiger partial charge in [0.2, 0.25) is 0 Å². The Balaban J connectivity index is 2.27. The van der Waals surface area contributed by atoms with Crippen molar-refractivity contribution in [3.8, 4) is 0 Å². The summed E-state index contributed by atoms with van der Waals surface area (Å²) in [5, 5.41) is 10.5. The third-order valence-electron chi connectivity index (χ3n) is 3.38. The summed E-state index contributed by atoms with van der Waals surface area (Å²) in [6.07, 6.45) is 9.19. The fraction of sp³-hybridized carbons (Fsp3) is 0.636. The van der Waals surface area contributed by atoms with Gasteiger partial charge in [-0.25, -0.2) is 9.97 Å². The minimum Gasteiger partial charge on any atom is -0.385 e. The maximum atomic E-state index is 10.5. The molecule has 1 fully saturated rings. The highest BCUT2D eigenvalue weighted by atomic mass is 16.3. The molecule has 1 unspecified atom stereocenters. The van der Waals surface area contributed by atoms with Crippen molar-refractivity contribution in [2.24, 2.45) is 5.92 Å². The standard InChI is InChI=1S/C11H16N2O/c1-2-11(14,9-4-3-5-9)10-6-12-8-13-7-10/h6-9,14H,2-5H2,1H3. The smallest absolute Gasteiger partial charge is 0.115 e. The van der Waals surface area contributed by atoms with Crippen molar-refractivity contribution < 1.29 is 5.11 Å². The largest absolute Gasteiger partial charge is 0.385 e. The van der Waals surface area contributed by atoms with Crippen molar-refractivity contribution in [3.63, 3.8) is 0 Å². The molecule has 0 bridgehead atoms. The predicted octanol–water partition coefficient (Wildman–Crippen LogP) is 1.87. The molecule has 1 atom stereocenters. The lowest BCUT2D eigenvalue weighted by Crippen LogP contribution is -2.38. The lowest BCUT2D eigenvalue weighted by molar-refractivity contribution is -0.0600. The van der Waals surface area contributed by atoms with Crippen LogP contribution in [-0.4, -0.2) is 15.1 Å². The molecule has 2 rings (SSSR count). The van der Waals surface area contributed by atoms with Crippen molar-refractivity contribution in [2.75, 3.05) is 0 Å². The Hall–Kier alpha value is -0.960. The quantitative estimate of drug-likeness (QED) is 0.795. The number of aliphatic hydroxyl groups is 1. The summed E-state index contributed by atoms with van der Waals surface area (Å²) in [4.78, 5) is 7.94. The molecule has 3 heteroatoms. The van der Waals surface area contributed by atoms with Gasteiger partial charge in [0.1, 0.15) is 6.33 Å². The molecule has 0 aliphatic heterocycles. The first-order chi connectivity index (χ1) is 6.77. The van der Waals surface area contributed by atoms with E-state index in [1.165, 1.54) is 12.7 Å². The van der Waals surface area contributed by atoms with Crippen molar-refractivity contribution in [1.82, 2.24) is 9.97 Å². The van der Waals surface area contributed by atoms with E-state index < -0.39 is 5.60 Å². The second-order valence-electron chi connectivity index (χ2n) is 4.03. The number of nitrogens with zero attached hydrogens (tertiary/aromatic N) is 2. The Morgan fingerprint density at radius 1 is 1.43 bits per heavy atom.